The molecule has 2 atom stereocenters. The average molecular weight is 431 g/mol. The Morgan fingerprint density at radius 1 is 1.06 bits per heavy atom. The number of nitrogens with one attached hydrogen (secondary N) is 1. The molecule has 0 aliphatic carbocycles. The number of pyridine rings is 1. The lowest BCUT2D eigenvalue weighted by atomic mass is 10.0. The highest BCUT2D eigenvalue weighted by Gasteiger charge is 2.41. The Balaban J connectivity index is 1.58. The summed E-state index contributed by atoms with van der Waals surface area (Å²) in [5, 5.41) is 4.17. The summed E-state index contributed by atoms with van der Waals surface area (Å²) < 4.78 is 13.1. The second-order valence-electron chi connectivity index (χ2n) is 7.33. The Kier molecular flexibility index (Phi) is 5.18. The second-order valence-corrected chi connectivity index (χ2v) is 7.72. The van der Waals surface area contributed by atoms with Crippen molar-refractivity contribution in [2.24, 2.45) is 0 Å². The van der Waals surface area contributed by atoms with Gasteiger partial charge in [0.25, 0.3) is 0 Å². The van der Waals surface area contributed by atoms with E-state index in [0.717, 1.165) is 28.6 Å². The third kappa shape index (κ3) is 3.68. The minimum absolute atomic E-state index is 0.0652. The maximum Gasteiger partial charge on any atom is 0.170 e. The van der Waals surface area contributed by atoms with E-state index in [1.54, 1.807) is 13.4 Å². The van der Waals surface area contributed by atoms with Gasteiger partial charge in [-0.15, -0.1) is 0 Å². The fourth-order valence-corrected chi connectivity index (χ4v) is 4.39. The molecule has 0 unspecified atom stereocenters. The van der Waals surface area contributed by atoms with Crippen molar-refractivity contribution in [3.05, 3.63) is 103 Å². The number of benzene rings is 1. The highest BCUT2D eigenvalue weighted by atomic mass is 32.1. The van der Waals surface area contributed by atoms with E-state index in [9.17, 15) is 0 Å². The van der Waals surface area contributed by atoms with Gasteiger partial charge in [-0.05, 0) is 72.9 Å². The van der Waals surface area contributed by atoms with Crippen molar-refractivity contribution in [3.63, 3.8) is 0 Å². The molecule has 1 fully saturated rings. The van der Waals surface area contributed by atoms with Crippen LogP contribution in [0.2, 0.25) is 0 Å². The molecule has 31 heavy (non-hydrogen) atoms. The molecule has 0 spiro atoms. The lowest BCUT2D eigenvalue weighted by Gasteiger charge is -2.28. The number of rotatable bonds is 6. The molecule has 1 aliphatic heterocycles. The van der Waals surface area contributed by atoms with Gasteiger partial charge in [0.05, 0.1) is 37.7 Å². The number of ether oxygens (including phenoxy) is 1. The fraction of sp³-hybridized carbons (Fsp3) is 0.167. The first-order valence-corrected chi connectivity index (χ1v) is 10.5. The number of hydrogen-bond donors (Lipinski definition) is 1. The maximum atomic E-state index is 5.75. The smallest absolute Gasteiger partial charge is 0.170 e. The van der Waals surface area contributed by atoms with Crippen LogP contribution in [-0.2, 0) is 6.54 Å². The van der Waals surface area contributed by atoms with E-state index in [1.807, 2.05) is 48.7 Å². The summed E-state index contributed by atoms with van der Waals surface area (Å²) in [5.41, 5.74) is 3.11. The number of thiocarbonyl (C=S) groups is 1. The van der Waals surface area contributed by atoms with Crippen molar-refractivity contribution in [2.45, 2.75) is 18.6 Å². The molecule has 4 aromatic rings. The number of nitrogens with zero attached hydrogens (tertiary/aromatic N) is 3. The van der Waals surface area contributed by atoms with Crippen LogP contribution < -0.4 is 10.1 Å². The van der Waals surface area contributed by atoms with Crippen molar-refractivity contribution < 1.29 is 9.15 Å². The van der Waals surface area contributed by atoms with E-state index in [-0.39, 0.29) is 12.1 Å². The first-order valence-electron chi connectivity index (χ1n) is 10.1. The molecular weight excluding hydrogens is 408 g/mol. The Hall–Kier alpha value is -3.58. The van der Waals surface area contributed by atoms with E-state index in [0.29, 0.717) is 11.7 Å². The zero-order valence-corrected chi connectivity index (χ0v) is 17.8. The third-order valence-electron chi connectivity index (χ3n) is 5.54. The van der Waals surface area contributed by atoms with Gasteiger partial charge in [0.2, 0.25) is 0 Å². The predicted molar refractivity (Wildman–Crippen MR) is 122 cm³/mol. The summed E-state index contributed by atoms with van der Waals surface area (Å²) in [4.78, 5) is 6.78. The molecule has 1 aromatic carbocycles. The summed E-state index contributed by atoms with van der Waals surface area (Å²) in [6.45, 7) is 0.570. The minimum atomic E-state index is -0.0874. The van der Waals surface area contributed by atoms with Gasteiger partial charge >= 0.3 is 0 Å². The molecular formula is C24H22N4O2S. The second kappa shape index (κ2) is 8.28. The van der Waals surface area contributed by atoms with E-state index >= 15 is 0 Å². The van der Waals surface area contributed by atoms with Crippen molar-refractivity contribution >= 4 is 17.3 Å². The number of aromatic nitrogens is 2. The van der Waals surface area contributed by atoms with Crippen LogP contribution in [0, 0.1) is 0 Å². The van der Waals surface area contributed by atoms with Crippen molar-refractivity contribution in [1.29, 1.82) is 0 Å². The summed E-state index contributed by atoms with van der Waals surface area (Å²) in [6, 6.07) is 21.9. The zero-order valence-electron chi connectivity index (χ0n) is 17.0. The van der Waals surface area contributed by atoms with Crippen LogP contribution in [0.15, 0.2) is 89.8 Å². The first kappa shape index (κ1) is 19.4. The lowest BCUT2D eigenvalue weighted by molar-refractivity contribution is 0.280. The largest absolute Gasteiger partial charge is 0.497 e. The molecule has 7 heteroatoms. The van der Waals surface area contributed by atoms with Crippen LogP contribution in [0.3, 0.4) is 0 Å². The van der Waals surface area contributed by atoms with Crippen LogP contribution in [0.25, 0.3) is 5.69 Å². The predicted octanol–water partition coefficient (Wildman–Crippen LogP) is 4.65. The molecule has 0 radical (unpaired) electrons. The van der Waals surface area contributed by atoms with E-state index in [1.165, 1.54) is 0 Å². The first-order chi connectivity index (χ1) is 15.2. The van der Waals surface area contributed by atoms with Crippen molar-refractivity contribution in [1.82, 2.24) is 19.8 Å². The van der Waals surface area contributed by atoms with Gasteiger partial charge in [-0.3, -0.25) is 4.98 Å². The maximum absolute atomic E-state index is 5.75. The van der Waals surface area contributed by atoms with Crippen LogP contribution >= 0.6 is 12.2 Å². The summed E-state index contributed by atoms with van der Waals surface area (Å²) >= 11 is 5.75. The molecule has 3 aromatic heterocycles. The number of furan rings is 1. The normalized spacial score (nSPS) is 18.2. The van der Waals surface area contributed by atoms with Gasteiger partial charge < -0.3 is 23.9 Å². The highest BCUT2D eigenvalue weighted by molar-refractivity contribution is 7.80. The Bertz CT molecular complexity index is 1160. The van der Waals surface area contributed by atoms with Gasteiger partial charge in [0.1, 0.15) is 11.5 Å². The monoisotopic (exact) mass is 430 g/mol. The van der Waals surface area contributed by atoms with Gasteiger partial charge in [-0.1, -0.05) is 6.07 Å². The van der Waals surface area contributed by atoms with Crippen LogP contribution in [0.1, 0.15) is 29.2 Å². The number of hydrogen-bond acceptors (Lipinski definition) is 4. The van der Waals surface area contributed by atoms with E-state index in [4.69, 9.17) is 21.4 Å². The van der Waals surface area contributed by atoms with Crippen LogP contribution in [0.4, 0.5) is 0 Å². The fourth-order valence-electron chi connectivity index (χ4n) is 4.08. The van der Waals surface area contributed by atoms with Crippen molar-refractivity contribution in [3.8, 4) is 11.4 Å². The van der Waals surface area contributed by atoms with Crippen LogP contribution in [0.5, 0.6) is 5.75 Å². The summed E-state index contributed by atoms with van der Waals surface area (Å²) in [7, 11) is 1.67. The van der Waals surface area contributed by atoms with E-state index in [2.05, 4.69) is 50.2 Å². The van der Waals surface area contributed by atoms with Crippen molar-refractivity contribution in [2.75, 3.05) is 7.11 Å². The SMILES string of the molecule is COc1ccc(-n2cccc2[C@H]2[C@H](c3ccccn3)NC(=S)N2Cc2ccco2)cc1. The lowest BCUT2D eigenvalue weighted by Crippen LogP contribution is -2.29. The average Bonchev–Trinajstić information content (AvgIpc) is 3.56. The molecule has 6 nitrogen and oxygen atoms in total. The molecule has 1 saturated heterocycles. The third-order valence-corrected chi connectivity index (χ3v) is 5.89. The van der Waals surface area contributed by atoms with Gasteiger partial charge in [0, 0.05) is 23.8 Å². The Labute approximate surface area is 186 Å². The van der Waals surface area contributed by atoms with Gasteiger partial charge in [0.15, 0.2) is 5.11 Å². The zero-order chi connectivity index (χ0) is 21.2. The minimum Gasteiger partial charge on any atom is -0.497 e. The van der Waals surface area contributed by atoms with Gasteiger partial charge in [-0.25, -0.2) is 0 Å². The molecule has 0 amide bonds. The molecule has 0 saturated carbocycles. The highest BCUT2D eigenvalue weighted by Crippen LogP contribution is 2.40. The molecule has 1 N–H and O–H groups in total. The Morgan fingerprint density at radius 3 is 2.65 bits per heavy atom. The molecule has 0 bridgehead atoms. The summed E-state index contributed by atoms with van der Waals surface area (Å²) in [6.07, 6.45) is 5.57. The van der Waals surface area contributed by atoms with E-state index < -0.39 is 0 Å². The standard InChI is InChI=1S/C24H22N4O2S/c1-29-18-11-9-17(10-12-18)27-14-4-8-21(27)23-22(20-7-2-3-13-25-20)26-24(31)28(23)16-19-6-5-15-30-19/h2-15,22-23H,16H2,1H3,(H,26,31)/t22-,23-/m0/s1. The topological polar surface area (TPSA) is 55.5 Å². The molecule has 5 rings (SSSR count). The van der Waals surface area contributed by atoms with Crippen LogP contribution in [-0.4, -0.2) is 26.7 Å². The Morgan fingerprint density at radius 2 is 1.94 bits per heavy atom. The summed E-state index contributed by atoms with van der Waals surface area (Å²) in [5.74, 6) is 1.69. The molecule has 1 aliphatic rings. The number of methoxy groups -OCH3 is 1. The van der Waals surface area contributed by atoms with Gasteiger partial charge in [-0.2, -0.15) is 0 Å². The quantitative estimate of drug-likeness (QED) is 0.450. The molecule has 4 heterocycles. The molecule has 156 valence electrons.